The molecule has 14 heteroatoms. The molecule has 12 nitrogen and oxygen atoms in total. The normalized spacial score (nSPS) is 18.2. The molecule has 206 valence electrons. The number of para-hydroxylation sites is 1. The second kappa shape index (κ2) is 9.46. The van der Waals surface area contributed by atoms with Gasteiger partial charge in [-0.25, -0.2) is 19.3 Å². The van der Waals surface area contributed by atoms with Crippen LogP contribution in [0.5, 0.6) is 0 Å². The van der Waals surface area contributed by atoms with Crippen molar-refractivity contribution in [2.75, 3.05) is 23.7 Å². The monoisotopic (exact) mass is 590 g/mol. The third-order valence-corrected chi connectivity index (χ3v) is 8.17. The molecule has 41 heavy (non-hydrogen) atoms. The second-order valence-corrected chi connectivity index (χ2v) is 10.8. The second-order valence-electron chi connectivity index (χ2n) is 9.98. The van der Waals surface area contributed by atoms with Crippen molar-refractivity contribution in [2.24, 2.45) is 11.8 Å². The van der Waals surface area contributed by atoms with E-state index in [1.807, 2.05) is 6.07 Å². The van der Waals surface area contributed by atoms with Crippen LogP contribution in [0.4, 0.5) is 22.1 Å². The molecule has 2 atom stereocenters. The van der Waals surface area contributed by atoms with Gasteiger partial charge in [-0.3, -0.25) is 14.0 Å². The van der Waals surface area contributed by atoms with E-state index in [4.69, 9.17) is 23.2 Å². The Morgan fingerprint density at radius 3 is 2.68 bits per heavy atom. The molecule has 2 aliphatic rings. The number of anilines is 3. The van der Waals surface area contributed by atoms with E-state index < -0.39 is 17.6 Å². The van der Waals surface area contributed by atoms with Crippen LogP contribution in [0.1, 0.15) is 5.56 Å². The number of amides is 2. The molecule has 0 saturated carbocycles. The van der Waals surface area contributed by atoms with Gasteiger partial charge in [-0.1, -0.05) is 29.3 Å². The number of aromatic nitrogens is 5. The molecule has 1 fully saturated rings. The molecule has 3 aromatic heterocycles. The fourth-order valence-corrected chi connectivity index (χ4v) is 6.21. The largest absolute Gasteiger partial charge is 0.465 e. The summed E-state index contributed by atoms with van der Waals surface area (Å²) in [5.41, 5.74) is 2.46. The van der Waals surface area contributed by atoms with E-state index in [1.54, 1.807) is 47.1 Å². The first-order valence-electron chi connectivity index (χ1n) is 12.7. The van der Waals surface area contributed by atoms with E-state index in [0.29, 0.717) is 45.7 Å². The van der Waals surface area contributed by atoms with Crippen molar-refractivity contribution in [1.82, 2.24) is 28.8 Å². The maximum absolute atomic E-state index is 13.6. The van der Waals surface area contributed by atoms with Gasteiger partial charge in [0.1, 0.15) is 5.39 Å². The van der Waals surface area contributed by atoms with Crippen LogP contribution in [0.2, 0.25) is 10.0 Å². The first-order chi connectivity index (χ1) is 19.8. The average molecular weight is 591 g/mol. The van der Waals surface area contributed by atoms with Crippen LogP contribution < -0.4 is 16.2 Å². The summed E-state index contributed by atoms with van der Waals surface area (Å²) in [6, 6.07) is 10.5. The molecule has 0 unspecified atom stereocenters. The van der Waals surface area contributed by atoms with Gasteiger partial charge in [0.25, 0.3) is 5.56 Å². The van der Waals surface area contributed by atoms with Crippen LogP contribution in [0.3, 0.4) is 0 Å². The number of halogens is 2. The molecule has 2 amide bonds. The lowest BCUT2D eigenvalue weighted by atomic mass is 9.90. The molecule has 0 aliphatic carbocycles. The lowest BCUT2D eigenvalue weighted by Crippen LogP contribution is -2.30. The van der Waals surface area contributed by atoms with Crippen molar-refractivity contribution in [3.05, 3.63) is 81.0 Å². The lowest BCUT2D eigenvalue weighted by molar-refractivity contribution is -0.120. The predicted molar refractivity (Wildman–Crippen MR) is 153 cm³/mol. The number of hydrogen-bond acceptors (Lipinski definition) is 7. The van der Waals surface area contributed by atoms with E-state index in [9.17, 15) is 19.5 Å². The molecule has 3 N–H and O–H groups in total. The van der Waals surface area contributed by atoms with E-state index >= 15 is 0 Å². The maximum atomic E-state index is 13.6. The fourth-order valence-electron chi connectivity index (χ4n) is 5.64. The summed E-state index contributed by atoms with van der Waals surface area (Å²) >= 11 is 12.8. The Labute approximate surface area is 241 Å². The lowest BCUT2D eigenvalue weighted by Gasteiger charge is -2.15. The van der Waals surface area contributed by atoms with Gasteiger partial charge in [-0.05, 0) is 48.2 Å². The highest BCUT2D eigenvalue weighted by Crippen LogP contribution is 2.35. The van der Waals surface area contributed by atoms with E-state index in [2.05, 4.69) is 25.6 Å². The molecule has 0 bridgehead atoms. The average Bonchev–Trinajstić information content (AvgIpc) is 3.57. The number of nitrogens with zero attached hydrogens (tertiary/aromatic N) is 6. The number of carbonyl (C=O) groups is 2. The molecule has 2 aromatic carbocycles. The summed E-state index contributed by atoms with van der Waals surface area (Å²) < 4.78 is 3.00. The van der Waals surface area contributed by atoms with Crippen molar-refractivity contribution in [2.45, 2.75) is 6.42 Å². The maximum Gasteiger partial charge on any atom is 0.407 e. The Bertz CT molecular complexity index is 1950. The molecular formula is C27H20Cl2N8O4. The smallest absolute Gasteiger partial charge is 0.407 e. The van der Waals surface area contributed by atoms with Crippen molar-refractivity contribution in [3.63, 3.8) is 0 Å². The third kappa shape index (κ3) is 4.14. The number of rotatable bonds is 3. The van der Waals surface area contributed by atoms with Crippen molar-refractivity contribution in [1.29, 1.82) is 0 Å². The van der Waals surface area contributed by atoms with Crippen LogP contribution >= 0.6 is 23.2 Å². The van der Waals surface area contributed by atoms with Crippen LogP contribution in [0.15, 0.2) is 59.8 Å². The first kappa shape index (κ1) is 25.3. The molecule has 5 aromatic rings. The standard InChI is InChI=1S/C27H20Cl2N8O4/c28-18-2-1-3-19(29)21(18)37-24(39)16-10-31-25(34-22(16)36-7-6-30-26(36)37)32-15-4-5-20-13(9-15)8-14-11-35(27(40)41)12-17(14)23(38)33-20/h1-7,9-10,14,17H,8,11-12H2,(H,33,38)(H,40,41)(H,31,32,34)/t14-,17-/m1/s1. The summed E-state index contributed by atoms with van der Waals surface area (Å²) in [5.74, 6) is -0.175. The topological polar surface area (TPSA) is 147 Å². The van der Waals surface area contributed by atoms with Gasteiger partial charge in [0.15, 0.2) is 5.65 Å². The Morgan fingerprint density at radius 2 is 1.90 bits per heavy atom. The minimum absolute atomic E-state index is 0.122. The molecule has 0 spiro atoms. The number of imidazole rings is 1. The zero-order valence-corrected chi connectivity index (χ0v) is 22.6. The number of hydrogen-bond donors (Lipinski definition) is 3. The fraction of sp³-hybridized carbons (Fsp3) is 0.185. The van der Waals surface area contributed by atoms with Crippen LogP contribution in [-0.4, -0.2) is 59.0 Å². The minimum Gasteiger partial charge on any atom is -0.465 e. The number of nitrogens with one attached hydrogen (secondary N) is 2. The Kier molecular flexibility index (Phi) is 5.84. The van der Waals surface area contributed by atoms with E-state index in [0.717, 1.165) is 5.56 Å². The highest BCUT2D eigenvalue weighted by Gasteiger charge is 2.41. The SMILES string of the molecule is O=C1Nc2ccc(Nc3ncc4c(=O)n(-c5c(Cl)cccc5Cl)c5nccn5c4n3)cc2C[C@@H]2CN(C(=O)O)C[C@@H]12. The van der Waals surface area contributed by atoms with Gasteiger partial charge >= 0.3 is 6.09 Å². The highest BCUT2D eigenvalue weighted by molar-refractivity contribution is 6.37. The van der Waals surface area contributed by atoms with Gasteiger partial charge in [0.05, 0.1) is 21.7 Å². The van der Waals surface area contributed by atoms with Crippen molar-refractivity contribution in [3.8, 4) is 5.69 Å². The van der Waals surface area contributed by atoms with E-state index in [1.165, 1.54) is 15.7 Å². The summed E-state index contributed by atoms with van der Waals surface area (Å²) in [7, 11) is 0. The van der Waals surface area contributed by atoms with Gasteiger partial charge in [0.2, 0.25) is 17.6 Å². The Morgan fingerprint density at radius 1 is 1.10 bits per heavy atom. The van der Waals surface area contributed by atoms with Crippen molar-refractivity contribution < 1.29 is 14.7 Å². The zero-order chi connectivity index (χ0) is 28.4. The number of carbonyl (C=O) groups excluding carboxylic acids is 1. The van der Waals surface area contributed by atoms with Gasteiger partial charge in [-0.15, -0.1) is 0 Å². The molecule has 1 saturated heterocycles. The van der Waals surface area contributed by atoms with Gasteiger partial charge in [-0.2, -0.15) is 4.98 Å². The molecule has 7 rings (SSSR count). The quantitative estimate of drug-likeness (QED) is 0.283. The van der Waals surface area contributed by atoms with Crippen molar-refractivity contribution >= 4 is 69.3 Å². The summed E-state index contributed by atoms with van der Waals surface area (Å²) in [6.07, 6.45) is 4.17. The number of fused-ring (bicyclic) bond motifs is 5. The minimum atomic E-state index is -1.02. The van der Waals surface area contributed by atoms with E-state index in [-0.39, 0.29) is 35.5 Å². The van der Waals surface area contributed by atoms with Crippen LogP contribution in [-0.2, 0) is 11.2 Å². The molecule has 0 radical (unpaired) electrons. The summed E-state index contributed by atoms with van der Waals surface area (Å²) in [6.45, 7) is 0.485. The first-order valence-corrected chi connectivity index (χ1v) is 13.4. The molecular weight excluding hydrogens is 571 g/mol. The molecule has 2 aliphatic heterocycles. The van der Waals surface area contributed by atoms with Crippen LogP contribution in [0, 0.1) is 11.8 Å². The number of benzene rings is 2. The third-order valence-electron chi connectivity index (χ3n) is 7.56. The zero-order valence-electron chi connectivity index (χ0n) is 21.1. The summed E-state index contributed by atoms with van der Waals surface area (Å²) in [4.78, 5) is 52.5. The van der Waals surface area contributed by atoms with Gasteiger partial charge < -0.3 is 20.6 Å². The Balaban J connectivity index is 1.25. The highest BCUT2D eigenvalue weighted by atomic mass is 35.5. The number of likely N-dealkylation sites (tertiary alicyclic amines) is 1. The summed E-state index contributed by atoms with van der Waals surface area (Å²) in [5, 5.41) is 16.3. The van der Waals surface area contributed by atoms with Gasteiger partial charge in [0, 0.05) is 43.1 Å². The Hall–Kier alpha value is -4.68. The predicted octanol–water partition coefficient (Wildman–Crippen LogP) is 4.20. The molecule has 5 heterocycles. The van der Waals surface area contributed by atoms with Crippen LogP contribution in [0.25, 0.3) is 22.5 Å². The number of carboxylic acid groups (broad SMARTS) is 1.